The number of halogens is 3. The van der Waals surface area contributed by atoms with Gasteiger partial charge in [0.05, 0.1) is 6.42 Å². The Kier molecular flexibility index (Phi) is 6.89. The number of nitrogens with zero attached hydrogens (tertiary/aromatic N) is 1. The predicted octanol–water partition coefficient (Wildman–Crippen LogP) is 1.48. The van der Waals surface area contributed by atoms with Gasteiger partial charge < -0.3 is 5.32 Å². The Morgan fingerprint density at radius 3 is 2.29 bits per heavy atom. The Morgan fingerprint density at radius 1 is 1.24 bits per heavy atom. The Hall–Kier alpha value is -0.380. The molecule has 0 spiro atoms. The summed E-state index contributed by atoms with van der Waals surface area (Å²) in [6, 6.07) is 0.385. The molecule has 1 rings (SSSR count). The van der Waals surface area contributed by atoms with E-state index in [1.54, 1.807) is 0 Å². The lowest BCUT2D eigenvalue weighted by molar-refractivity contribution is -0.132. The average molecular weight is 331 g/mol. The highest BCUT2D eigenvalue weighted by molar-refractivity contribution is 7.87. The highest BCUT2D eigenvalue weighted by Gasteiger charge is 2.30. The van der Waals surface area contributed by atoms with Crippen LogP contribution in [0, 0.1) is 5.92 Å². The first kappa shape index (κ1) is 18.7. The molecule has 5 nitrogen and oxygen atoms in total. The first-order valence-electron chi connectivity index (χ1n) is 7.15. The maximum atomic E-state index is 12.0. The summed E-state index contributed by atoms with van der Waals surface area (Å²) < 4.78 is 63.1. The molecule has 0 aromatic rings. The van der Waals surface area contributed by atoms with Crippen LogP contribution in [-0.2, 0) is 10.2 Å². The minimum absolute atomic E-state index is 0.353. The van der Waals surface area contributed by atoms with Gasteiger partial charge in [0.1, 0.15) is 0 Å². The van der Waals surface area contributed by atoms with Crippen LogP contribution in [0.25, 0.3) is 0 Å². The van der Waals surface area contributed by atoms with Crippen LogP contribution in [0.15, 0.2) is 0 Å². The van der Waals surface area contributed by atoms with E-state index in [9.17, 15) is 21.6 Å². The van der Waals surface area contributed by atoms with E-state index in [1.807, 2.05) is 18.6 Å². The minimum atomic E-state index is -4.35. The van der Waals surface area contributed by atoms with Gasteiger partial charge in [0, 0.05) is 25.7 Å². The SMILES string of the molecule is CC(C)NCC1CCN(S(=O)(=O)NCCC(F)(F)F)CC1. The van der Waals surface area contributed by atoms with Crippen molar-refractivity contribution in [3.8, 4) is 0 Å². The number of rotatable bonds is 7. The van der Waals surface area contributed by atoms with E-state index >= 15 is 0 Å². The molecule has 1 aliphatic heterocycles. The first-order valence-corrected chi connectivity index (χ1v) is 8.59. The highest BCUT2D eigenvalue weighted by atomic mass is 32.2. The molecule has 21 heavy (non-hydrogen) atoms. The molecule has 9 heteroatoms. The van der Waals surface area contributed by atoms with Crippen molar-refractivity contribution in [2.24, 2.45) is 5.92 Å². The van der Waals surface area contributed by atoms with Gasteiger partial charge in [0.2, 0.25) is 0 Å². The quantitative estimate of drug-likeness (QED) is 0.743. The summed E-state index contributed by atoms with van der Waals surface area (Å²) in [6.07, 6.45) is -4.06. The molecule has 1 saturated heterocycles. The lowest BCUT2D eigenvalue weighted by atomic mass is 9.98. The summed E-state index contributed by atoms with van der Waals surface area (Å²) in [7, 11) is -3.80. The second-order valence-corrected chi connectivity index (χ2v) is 7.43. The van der Waals surface area contributed by atoms with Gasteiger partial charge in [0.15, 0.2) is 0 Å². The van der Waals surface area contributed by atoms with E-state index in [-0.39, 0.29) is 0 Å². The largest absolute Gasteiger partial charge is 0.390 e. The van der Waals surface area contributed by atoms with Gasteiger partial charge in [-0.1, -0.05) is 13.8 Å². The number of nitrogens with one attached hydrogen (secondary N) is 2. The molecule has 0 bridgehead atoms. The zero-order chi connectivity index (χ0) is 16.1. The Morgan fingerprint density at radius 2 is 1.81 bits per heavy atom. The van der Waals surface area contributed by atoms with E-state index in [4.69, 9.17) is 0 Å². The van der Waals surface area contributed by atoms with Crippen LogP contribution < -0.4 is 10.0 Å². The predicted molar refractivity (Wildman–Crippen MR) is 75.0 cm³/mol. The van der Waals surface area contributed by atoms with Crippen LogP contribution in [0.3, 0.4) is 0 Å². The number of piperidine rings is 1. The van der Waals surface area contributed by atoms with Crippen molar-refractivity contribution in [2.75, 3.05) is 26.2 Å². The van der Waals surface area contributed by atoms with Gasteiger partial charge in [0.25, 0.3) is 10.2 Å². The second kappa shape index (κ2) is 7.75. The van der Waals surface area contributed by atoms with Crippen molar-refractivity contribution in [3.63, 3.8) is 0 Å². The third-order valence-electron chi connectivity index (χ3n) is 3.42. The van der Waals surface area contributed by atoms with Gasteiger partial charge in [-0.2, -0.15) is 25.9 Å². The molecule has 1 aliphatic rings. The molecular weight excluding hydrogens is 307 g/mol. The molecule has 126 valence electrons. The molecule has 0 aromatic carbocycles. The van der Waals surface area contributed by atoms with Gasteiger partial charge in [-0.05, 0) is 25.3 Å². The van der Waals surface area contributed by atoms with Crippen LogP contribution in [0.1, 0.15) is 33.1 Å². The smallest absolute Gasteiger partial charge is 0.314 e. The molecule has 0 atom stereocenters. The fourth-order valence-corrected chi connectivity index (χ4v) is 3.40. The number of hydrogen-bond acceptors (Lipinski definition) is 3. The monoisotopic (exact) mass is 331 g/mol. The van der Waals surface area contributed by atoms with Crippen LogP contribution in [-0.4, -0.2) is 51.1 Å². The fraction of sp³-hybridized carbons (Fsp3) is 1.00. The van der Waals surface area contributed by atoms with Crippen LogP contribution in [0.2, 0.25) is 0 Å². The summed E-state index contributed by atoms with van der Waals surface area (Å²) in [4.78, 5) is 0. The lowest BCUT2D eigenvalue weighted by Crippen LogP contribution is -2.47. The molecule has 0 aromatic heterocycles. The molecule has 0 radical (unpaired) electrons. The van der Waals surface area contributed by atoms with Crippen LogP contribution in [0.4, 0.5) is 13.2 Å². The molecule has 0 aliphatic carbocycles. The Labute approximate surface area is 124 Å². The minimum Gasteiger partial charge on any atom is -0.314 e. The van der Waals surface area contributed by atoms with E-state index in [2.05, 4.69) is 5.32 Å². The van der Waals surface area contributed by atoms with Crippen molar-refractivity contribution in [1.82, 2.24) is 14.3 Å². The van der Waals surface area contributed by atoms with Crippen LogP contribution in [0.5, 0.6) is 0 Å². The molecular formula is C12H24F3N3O2S. The third kappa shape index (κ3) is 7.44. The van der Waals surface area contributed by atoms with E-state index < -0.39 is 29.4 Å². The van der Waals surface area contributed by atoms with Crippen LogP contribution >= 0.6 is 0 Å². The lowest BCUT2D eigenvalue weighted by Gasteiger charge is -2.31. The van der Waals surface area contributed by atoms with E-state index in [0.29, 0.717) is 25.0 Å². The summed E-state index contributed by atoms with van der Waals surface area (Å²) in [5, 5.41) is 3.31. The van der Waals surface area contributed by atoms with Gasteiger partial charge in [-0.25, -0.2) is 4.72 Å². The van der Waals surface area contributed by atoms with Crippen molar-refractivity contribution in [3.05, 3.63) is 0 Å². The van der Waals surface area contributed by atoms with Gasteiger partial charge >= 0.3 is 6.18 Å². The molecule has 1 fully saturated rings. The Bertz CT molecular complexity index is 404. The van der Waals surface area contributed by atoms with Gasteiger partial charge in [-0.3, -0.25) is 0 Å². The maximum absolute atomic E-state index is 12.0. The topological polar surface area (TPSA) is 61.4 Å². The first-order chi connectivity index (χ1) is 9.60. The summed E-state index contributed by atoms with van der Waals surface area (Å²) in [5.41, 5.74) is 0. The normalized spacial score (nSPS) is 19.3. The molecule has 0 saturated carbocycles. The second-order valence-electron chi connectivity index (χ2n) is 5.67. The molecule has 1 heterocycles. The fourth-order valence-electron chi connectivity index (χ4n) is 2.17. The average Bonchev–Trinajstić information content (AvgIpc) is 2.35. The van der Waals surface area contributed by atoms with Gasteiger partial charge in [-0.15, -0.1) is 0 Å². The zero-order valence-corrected chi connectivity index (χ0v) is 13.2. The third-order valence-corrected chi connectivity index (χ3v) is 5.04. The summed E-state index contributed by atoms with van der Waals surface area (Å²) in [6.45, 7) is 5.03. The van der Waals surface area contributed by atoms with Crippen molar-refractivity contribution in [2.45, 2.75) is 45.3 Å². The molecule has 0 unspecified atom stereocenters. The highest BCUT2D eigenvalue weighted by Crippen LogP contribution is 2.20. The van der Waals surface area contributed by atoms with Crippen molar-refractivity contribution < 1.29 is 21.6 Å². The number of hydrogen-bond donors (Lipinski definition) is 2. The van der Waals surface area contributed by atoms with E-state index in [0.717, 1.165) is 19.4 Å². The Balaban J connectivity index is 2.35. The summed E-state index contributed by atoms with van der Waals surface area (Å²) in [5.74, 6) is 0.411. The number of alkyl halides is 3. The molecule has 2 N–H and O–H groups in total. The molecule has 0 amide bonds. The maximum Gasteiger partial charge on any atom is 0.390 e. The van der Waals surface area contributed by atoms with E-state index in [1.165, 1.54) is 4.31 Å². The summed E-state index contributed by atoms with van der Waals surface area (Å²) >= 11 is 0. The standard InChI is InChI=1S/C12H24F3N3O2S/c1-10(2)16-9-11-3-7-18(8-4-11)21(19,20)17-6-5-12(13,14)15/h10-11,16-17H,3-9H2,1-2H3. The van der Waals surface area contributed by atoms with Crippen molar-refractivity contribution >= 4 is 10.2 Å². The zero-order valence-electron chi connectivity index (χ0n) is 12.4. The van der Waals surface area contributed by atoms with Crippen molar-refractivity contribution in [1.29, 1.82) is 0 Å².